The van der Waals surface area contributed by atoms with Gasteiger partial charge in [0.15, 0.2) is 0 Å². The van der Waals surface area contributed by atoms with Gasteiger partial charge in [0.2, 0.25) is 10.0 Å². The number of nitrogens with one attached hydrogen (secondary N) is 1. The van der Waals surface area contributed by atoms with E-state index in [0.717, 1.165) is 19.3 Å². The summed E-state index contributed by atoms with van der Waals surface area (Å²) in [6.07, 6.45) is 2.66. The van der Waals surface area contributed by atoms with Crippen molar-refractivity contribution in [1.82, 2.24) is 4.72 Å². The lowest BCUT2D eigenvalue weighted by molar-refractivity contribution is -0.0659. The first-order valence-corrected chi connectivity index (χ1v) is 8.71. The van der Waals surface area contributed by atoms with Gasteiger partial charge in [-0.15, -0.1) is 0 Å². The standard InChI is InChI=1S/C13H17Cl2NO4S/c1-20-13(3-2-4-13)8-16-21(18,19)12-5-9(7-17)10(14)6-11(12)15/h5-6,16-17H,2-4,7-8H2,1H3. The fraction of sp³-hybridized carbons (Fsp3) is 0.538. The lowest BCUT2D eigenvalue weighted by atomic mass is 9.80. The molecule has 21 heavy (non-hydrogen) atoms. The molecule has 1 fully saturated rings. The monoisotopic (exact) mass is 353 g/mol. The van der Waals surface area contributed by atoms with Gasteiger partial charge in [0.05, 0.1) is 17.2 Å². The fourth-order valence-corrected chi connectivity index (χ4v) is 4.20. The van der Waals surface area contributed by atoms with Gasteiger partial charge in [-0.2, -0.15) is 0 Å². The van der Waals surface area contributed by atoms with Crippen LogP contribution in [0, 0.1) is 0 Å². The topological polar surface area (TPSA) is 75.6 Å². The first-order valence-electron chi connectivity index (χ1n) is 6.47. The third-order valence-corrected chi connectivity index (χ3v) is 6.06. The molecule has 8 heteroatoms. The highest BCUT2D eigenvalue weighted by atomic mass is 35.5. The van der Waals surface area contributed by atoms with Crippen molar-refractivity contribution in [1.29, 1.82) is 0 Å². The Bertz CT molecular complexity index is 624. The summed E-state index contributed by atoms with van der Waals surface area (Å²) in [5, 5.41) is 9.43. The molecule has 0 aromatic heterocycles. The lowest BCUT2D eigenvalue weighted by Crippen LogP contribution is -2.49. The molecule has 0 unspecified atom stereocenters. The molecule has 0 atom stereocenters. The Labute approximate surface area is 134 Å². The summed E-state index contributed by atoms with van der Waals surface area (Å²) >= 11 is 11.8. The van der Waals surface area contributed by atoms with Crippen molar-refractivity contribution in [3.05, 3.63) is 27.7 Å². The summed E-state index contributed by atoms with van der Waals surface area (Å²) in [4.78, 5) is -0.0943. The van der Waals surface area contributed by atoms with E-state index in [2.05, 4.69) is 4.72 Å². The van der Waals surface area contributed by atoms with Gasteiger partial charge in [0, 0.05) is 18.7 Å². The van der Waals surface area contributed by atoms with Crippen molar-refractivity contribution in [3.8, 4) is 0 Å². The minimum Gasteiger partial charge on any atom is -0.392 e. The zero-order valence-electron chi connectivity index (χ0n) is 11.5. The third kappa shape index (κ3) is 3.52. The molecule has 0 heterocycles. The number of aliphatic hydroxyl groups excluding tert-OH is 1. The summed E-state index contributed by atoms with van der Waals surface area (Å²) in [5.41, 5.74) is -0.113. The van der Waals surface area contributed by atoms with E-state index in [1.54, 1.807) is 7.11 Å². The Morgan fingerprint density at radius 3 is 2.48 bits per heavy atom. The highest BCUT2D eigenvalue weighted by Crippen LogP contribution is 2.35. The molecule has 0 aliphatic heterocycles. The smallest absolute Gasteiger partial charge is 0.242 e. The van der Waals surface area contributed by atoms with Gasteiger partial charge in [-0.1, -0.05) is 23.2 Å². The van der Waals surface area contributed by atoms with Gasteiger partial charge in [-0.25, -0.2) is 13.1 Å². The highest BCUT2D eigenvalue weighted by molar-refractivity contribution is 7.89. The van der Waals surface area contributed by atoms with Crippen LogP contribution in [0.15, 0.2) is 17.0 Å². The summed E-state index contributed by atoms with van der Waals surface area (Å²) in [6.45, 7) is -0.167. The number of halogens is 2. The Morgan fingerprint density at radius 1 is 1.33 bits per heavy atom. The predicted octanol–water partition coefficient (Wildman–Crippen LogP) is 2.33. The van der Waals surface area contributed by atoms with Crippen molar-refractivity contribution in [2.24, 2.45) is 0 Å². The summed E-state index contributed by atoms with van der Waals surface area (Å²) in [5.74, 6) is 0. The van der Waals surface area contributed by atoms with Crippen LogP contribution in [-0.4, -0.2) is 32.8 Å². The number of aliphatic hydroxyl groups is 1. The number of methoxy groups -OCH3 is 1. The molecule has 1 aliphatic rings. The third-order valence-electron chi connectivity index (χ3n) is 3.84. The molecule has 0 saturated heterocycles. The maximum absolute atomic E-state index is 12.4. The van der Waals surface area contributed by atoms with Crippen LogP contribution in [0.4, 0.5) is 0 Å². The Balaban J connectivity index is 2.23. The van der Waals surface area contributed by atoms with E-state index in [4.69, 9.17) is 27.9 Å². The van der Waals surface area contributed by atoms with Gasteiger partial charge < -0.3 is 9.84 Å². The average molecular weight is 354 g/mol. The second-order valence-electron chi connectivity index (χ2n) is 5.10. The maximum atomic E-state index is 12.4. The summed E-state index contributed by atoms with van der Waals surface area (Å²) in [6, 6.07) is 2.60. The largest absolute Gasteiger partial charge is 0.392 e. The van der Waals surface area contributed by atoms with E-state index in [1.807, 2.05) is 0 Å². The first kappa shape index (κ1) is 17.0. The van der Waals surface area contributed by atoms with E-state index in [-0.39, 0.29) is 28.1 Å². The molecule has 1 saturated carbocycles. The first-order chi connectivity index (χ1) is 9.83. The Hall–Kier alpha value is -0.370. The molecule has 0 radical (unpaired) electrons. The molecule has 1 aliphatic carbocycles. The Morgan fingerprint density at radius 2 is 2.00 bits per heavy atom. The lowest BCUT2D eigenvalue weighted by Gasteiger charge is -2.40. The van der Waals surface area contributed by atoms with E-state index in [1.165, 1.54) is 12.1 Å². The van der Waals surface area contributed by atoms with Crippen LogP contribution in [0.5, 0.6) is 0 Å². The van der Waals surface area contributed by atoms with Crippen LogP contribution in [-0.2, 0) is 21.4 Å². The van der Waals surface area contributed by atoms with Crippen molar-refractivity contribution in [3.63, 3.8) is 0 Å². The number of rotatable bonds is 6. The van der Waals surface area contributed by atoms with Gasteiger partial charge in [0.1, 0.15) is 4.90 Å². The molecule has 5 nitrogen and oxygen atoms in total. The molecular weight excluding hydrogens is 337 g/mol. The molecule has 2 rings (SSSR count). The second-order valence-corrected chi connectivity index (χ2v) is 7.65. The van der Waals surface area contributed by atoms with Crippen LogP contribution in [0.25, 0.3) is 0 Å². The van der Waals surface area contributed by atoms with Crippen LogP contribution in [0.1, 0.15) is 24.8 Å². The molecule has 1 aromatic carbocycles. The number of sulfonamides is 1. The zero-order valence-corrected chi connectivity index (χ0v) is 13.9. The van der Waals surface area contributed by atoms with Gasteiger partial charge in [-0.3, -0.25) is 0 Å². The zero-order chi connectivity index (χ0) is 15.7. The second kappa shape index (κ2) is 6.40. The number of hydrogen-bond donors (Lipinski definition) is 2. The summed E-state index contributed by atoms with van der Waals surface area (Å²) < 4.78 is 32.6. The van der Waals surface area contributed by atoms with Gasteiger partial charge in [-0.05, 0) is 37.0 Å². The normalized spacial score (nSPS) is 17.5. The molecule has 2 N–H and O–H groups in total. The molecular formula is C13H17Cl2NO4S. The number of hydrogen-bond acceptors (Lipinski definition) is 4. The van der Waals surface area contributed by atoms with Crippen molar-refractivity contribution in [2.75, 3.05) is 13.7 Å². The van der Waals surface area contributed by atoms with Crippen LogP contribution >= 0.6 is 23.2 Å². The van der Waals surface area contributed by atoms with Crippen LogP contribution in [0.3, 0.4) is 0 Å². The minimum absolute atomic E-state index is 0.0183. The molecule has 0 amide bonds. The van der Waals surface area contributed by atoms with E-state index >= 15 is 0 Å². The van der Waals surface area contributed by atoms with E-state index in [9.17, 15) is 13.5 Å². The molecule has 1 aromatic rings. The minimum atomic E-state index is -3.79. The van der Waals surface area contributed by atoms with Crippen molar-refractivity contribution < 1.29 is 18.3 Å². The molecule has 0 spiro atoms. The Kier molecular flexibility index (Phi) is 5.18. The van der Waals surface area contributed by atoms with Gasteiger partial charge >= 0.3 is 0 Å². The predicted molar refractivity (Wildman–Crippen MR) is 81.2 cm³/mol. The van der Waals surface area contributed by atoms with Crippen LogP contribution in [0.2, 0.25) is 10.0 Å². The van der Waals surface area contributed by atoms with Crippen molar-refractivity contribution in [2.45, 2.75) is 36.4 Å². The SMILES string of the molecule is COC1(CNS(=O)(=O)c2cc(CO)c(Cl)cc2Cl)CCC1. The maximum Gasteiger partial charge on any atom is 0.242 e. The quantitative estimate of drug-likeness (QED) is 0.822. The van der Waals surface area contributed by atoms with Gasteiger partial charge in [0.25, 0.3) is 0 Å². The molecule has 0 bridgehead atoms. The highest BCUT2D eigenvalue weighted by Gasteiger charge is 2.38. The van der Waals surface area contributed by atoms with E-state index in [0.29, 0.717) is 5.56 Å². The fourth-order valence-electron chi connectivity index (χ4n) is 2.23. The summed E-state index contributed by atoms with van der Waals surface area (Å²) in [7, 11) is -2.22. The number of benzene rings is 1. The van der Waals surface area contributed by atoms with E-state index < -0.39 is 15.6 Å². The molecule has 118 valence electrons. The number of ether oxygens (including phenoxy) is 1. The average Bonchev–Trinajstić information content (AvgIpc) is 2.37. The van der Waals surface area contributed by atoms with Crippen molar-refractivity contribution >= 4 is 33.2 Å². The van der Waals surface area contributed by atoms with Crippen LogP contribution < -0.4 is 4.72 Å².